The van der Waals surface area contributed by atoms with Gasteiger partial charge in [0.2, 0.25) is 0 Å². The van der Waals surface area contributed by atoms with Crippen molar-refractivity contribution in [3.8, 4) is 0 Å². The Morgan fingerprint density at radius 1 is 1.14 bits per heavy atom. The molecule has 28 heavy (non-hydrogen) atoms. The van der Waals surface area contributed by atoms with Crippen LogP contribution in [0.1, 0.15) is 29.6 Å². The molecule has 0 saturated carbocycles. The first-order valence-electron chi connectivity index (χ1n) is 8.94. The van der Waals surface area contributed by atoms with Crippen LogP contribution in [-0.2, 0) is 4.79 Å². The average Bonchev–Trinajstić information content (AvgIpc) is 3.11. The summed E-state index contributed by atoms with van der Waals surface area (Å²) in [5.41, 5.74) is 8.00. The number of nitrogens with zero attached hydrogens (tertiary/aromatic N) is 1. The largest absolute Gasteiger partial charge is 0.481 e. The molecule has 2 aromatic rings. The van der Waals surface area contributed by atoms with Crippen molar-refractivity contribution in [1.29, 1.82) is 0 Å². The van der Waals surface area contributed by atoms with Gasteiger partial charge in [0.1, 0.15) is 0 Å². The topological polar surface area (TPSA) is 117 Å². The summed E-state index contributed by atoms with van der Waals surface area (Å²) in [6, 6.07) is 13.7. The van der Waals surface area contributed by atoms with Crippen LogP contribution in [0.2, 0.25) is 0 Å². The van der Waals surface area contributed by atoms with E-state index >= 15 is 0 Å². The highest BCUT2D eigenvalue weighted by atomic mass is 79.9. The minimum atomic E-state index is -0.862. The van der Waals surface area contributed by atoms with Crippen LogP contribution in [-0.4, -0.2) is 22.2 Å². The Morgan fingerprint density at radius 2 is 1.89 bits per heavy atom. The summed E-state index contributed by atoms with van der Waals surface area (Å²) in [7, 11) is 0. The zero-order valence-corrected chi connectivity index (χ0v) is 16.3. The van der Waals surface area contributed by atoms with Gasteiger partial charge in [0.25, 0.3) is 5.69 Å². The highest BCUT2D eigenvalue weighted by molar-refractivity contribution is 9.10. The molecule has 2 fully saturated rings. The smallest absolute Gasteiger partial charge is 0.307 e. The fraction of sp³-hybridized carbons (Fsp3) is 0.316. The van der Waals surface area contributed by atoms with Gasteiger partial charge in [0.15, 0.2) is 0 Å². The van der Waals surface area contributed by atoms with E-state index in [9.17, 15) is 20.0 Å². The summed E-state index contributed by atoms with van der Waals surface area (Å²) < 4.78 is 0.964. The van der Waals surface area contributed by atoms with Crippen LogP contribution in [0.25, 0.3) is 0 Å². The van der Waals surface area contributed by atoms with E-state index in [0.29, 0.717) is 12.0 Å². The number of fused-ring (bicyclic) bond motifs is 1. The maximum Gasteiger partial charge on any atom is 0.307 e. The molecule has 4 N–H and O–H groups in total. The molecule has 0 radical (unpaired) electrons. The van der Waals surface area contributed by atoms with Crippen molar-refractivity contribution < 1.29 is 14.8 Å². The van der Waals surface area contributed by atoms with E-state index in [-0.39, 0.29) is 29.9 Å². The van der Waals surface area contributed by atoms with E-state index in [2.05, 4.69) is 32.1 Å². The van der Waals surface area contributed by atoms with Gasteiger partial charge in [-0.2, -0.15) is 0 Å². The molecule has 8 nitrogen and oxygen atoms in total. The van der Waals surface area contributed by atoms with Crippen molar-refractivity contribution in [2.24, 2.45) is 11.8 Å². The van der Waals surface area contributed by atoms with E-state index in [1.165, 1.54) is 12.1 Å². The quantitative estimate of drug-likeness (QED) is 0.421. The summed E-state index contributed by atoms with van der Waals surface area (Å²) >= 11 is 3.41. The zero-order chi connectivity index (χ0) is 19.8. The fourth-order valence-corrected chi connectivity index (χ4v) is 4.47. The molecule has 0 amide bonds. The van der Waals surface area contributed by atoms with Crippen LogP contribution in [0.4, 0.5) is 5.69 Å². The van der Waals surface area contributed by atoms with Gasteiger partial charge in [-0.3, -0.25) is 20.2 Å². The summed E-state index contributed by atoms with van der Waals surface area (Å²) in [6.45, 7) is 0. The van der Waals surface area contributed by atoms with Crippen molar-refractivity contribution in [3.63, 3.8) is 0 Å². The summed E-state index contributed by atoms with van der Waals surface area (Å²) in [4.78, 5) is 22.7. The molecular weight excluding hydrogens is 428 g/mol. The Kier molecular flexibility index (Phi) is 5.15. The first-order chi connectivity index (χ1) is 13.4. The number of carboxylic acids is 1. The van der Waals surface area contributed by atoms with Crippen molar-refractivity contribution >= 4 is 27.6 Å². The normalized spacial score (nSPS) is 29.2. The molecule has 2 saturated heterocycles. The molecule has 5 atom stereocenters. The first-order valence-corrected chi connectivity index (χ1v) is 9.73. The lowest BCUT2D eigenvalue weighted by atomic mass is 9.75. The Hall–Kier alpha value is -2.33. The minimum Gasteiger partial charge on any atom is -0.481 e. The highest BCUT2D eigenvalue weighted by Crippen LogP contribution is 2.42. The van der Waals surface area contributed by atoms with Crippen LogP contribution < -0.4 is 16.2 Å². The van der Waals surface area contributed by atoms with Crippen LogP contribution >= 0.6 is 15.9 Å². The Bertz CT molecular complexity index is 907. The molecule has 146 valence electrons. The summed E-state index contributed by atoms with van der Waals surface area (Å²) in [6.07, 6.45) is 0.167. The van der Waals surface area contributed by atoms with E-state index in [1.807, 2.05) is 24.3 Å². The summed E-state index contributed by atoms with van der Waals surface area (Å²) in [5.74, 6) is -1.75. The maximum atomic E-state index is 12.1. The zero-order valence-electron chi connectivity index (χ0n) is 14.7. The van der Waals surface area contributed by atoms with Crippen LogP contribution in [0.5, 0.6) is 0 Å². The SMILES string of the molecule is O=C(O)C1CC(c2ccc(Br)cc2)NC2NNC(c3cccc([N+](=O)[O-])c3)C21. The second-order valence-corrected chi connectivity index (χ2v) is 8.04. The number of hydrogen-bond donors (Lipinski definition) is 4. The van der Waals surface area contributed by atoms with Crippen molar-refractivity contribution in [2.75, 3.05) is 0 Å². The molecule has 4 rings (SSSR count). The lowest BCUT2D eigenvalue weighted by molar-refractivity contribution is -0.384. The van der Waals surface area contributed by atoms with Crippen LogP contribution in [0, 0.1) is 22.0 Å². The van der Waals surface area contributed by atoms with Gasteiger partial charge in [-0.1, -0.05) is 40.2 Å². The molecule has 0 aromatic heterocycles. The average molecular weight is 447 g/mol. The highest BCUT2D eigenvalue weighted by Gasteiger charge is 2.49. The number of hydrogen-bond acceptors (Lipinski definition) is 6. The Balaban J connectivity index is 1.63. The molecule has 0 aliphatic carbocycles. The number of nitro groups is 1. The van der Waals surface area contributed by atoms with Gasteiger partial charge in [-0.15, -0.1) is 0 Å². The van der Waals surface area contributed by atoms with Crippen molar-refractivity contribution in [2.45, 2.75) is 24.7 Å². The van der Waals surface area contributed by atoms with Crippen molar-refractivity contribution in [3.05, 3.63) is 74.2 Å². The number of piperidine rings is 1. The molecule has 2 aliphatic rings. The Labute approximate surface area is 169 Å². The molecule has 2 aliphatic heterocycles. The molecule has 2 aromatic carbocycles. The number of halogens is 1. The third-order valence-corrected chi connectivity index (χ3v) is 6.06. The second kappa shape index (κ2) is 7.59. The van der Waals surface area contributed by atoms with E-state index in [4.69, 9.17) is 0 Å². The van der Waals surface area contributed by atoms with Gasteiger partial charge >= 0.3 is 5.97 Å². The number of aliphatic carboxylic acids is 1. The maximum absolute atomic E-state index is 12.1. The predicted molar refractivity (Wildman–Crippen MR) is 105 cm³/mol. The monoisotopic (exact) mass is 446 g/mol. The molecule has 0 spiro atoms. The minimum absolute atomic E-state index is 0.00821. The van der Waals surface area contributed by atoms with E-state index < -0.39 is 16.8 Å². The first kappa shape index (κ1) is 19.0. The molecule has 5 unspecified atom stereocenters. The van der Waals surface area contributed by atoms with Gasteiger partial charge in [0.05, 0.1) is 23.0 Å². The predicted octanol–water partition coefficient (Wildman–Crippen LogP) is 2.88. The standard InChI is InChI=1S/C19H19BrN4O4/c20-12-6-4-10(5-7-12)15-9-14(19(25)26)16-17(22-23-18(16)21-15)11-2-1-3-13(8-11)24(27)28/h1-8,14-18,21-23H,9H2,(H,25,26). The second-order valence-electron chi connectivity index (χ2n) is 7.12. The number of nitro benzene ring substituents is 1. The molecule has 2 heterocycles. The number of benzene rings is 2. The van der Waals surface area contributed by atoms with Gasteiger partial charge in [-0.05, 0) is 29.7 Å². The number of nitrogens with one attached hydrogen (secondary N) is 3. The number of non-ortho nitro benzene ring substituents is 1. The van der Waals surface area contributed by atoms with Crippen LogP contribution in [0.3, 0.4) is 0 Å². The lowest BCUT2D eigenvalue weighted by Crippen LogP contribution is -2.53. The van der Waals surface area contributed by atoms with Gasteiger partial charge in [-0.25, -0.2) is 10.9 Å². The van der Waals surface area contributed by atoms with Crippen molar-refractivity contribution in [1.82, 2.24) is 16.2 Å². The summed E-state index contributed by atoms with van der Waals surface area (Å²) in [5, 5.41) is 24.5. The third kappa shape index (κ3) is 3.53. The van der Waals surface area contributed by atoms with Crippen LogP contribution in [0.15, 0.2) is 53.0 Å². The Morgan fingerprint density at radius 3 is 2.57 bits per heavy atom. The lowest BCUT2D eigenvalue weighted by Gasteiger charge is -2.39. The number of rotatable bonds is 4. The van der Waals surface area contributed by atoms with E-state index in [1.54, 1.807) is 12.1 Å². The fourth-order valence-electron chi connectivity index (χ4n) is 4.21. The molecular formula is C19H19BrN4O4. The number of carbonyl (C=O) groups is 1. The third-order valence-electron chi connectivity index (χ3n) is 5.53. The number of hydrazine groups is 1. The van der Waals surface area contributed by atoms with Gasteiger partial charge < -0.3 is 5.11 Å². The van der Waals surface area contributed by atoms with Gasteiger partial charge in [0, 0.05) is 28.6 Å². The molecule has 9 heteroatoms. The molecule has 0 bridgehead atoms. The number of carboxylic acid groups (broad SMARTS) is 1. The van der Waals surface area contributed by atoms with E-state index in [0.717, 1.165) is 10.0 Å².